The van der Waals surface area contributed by atoms with Gasteiger partial charge >= 0.3 is 0 Å². The van der Waals surface area contributed by atoms with Crippen LogP contribution in [0.1, 0.15) is 29.3 Å². The summed E-state index contributed by atoms with van der Waals surface area (Å²) in [6, 6.07) is 39.4. The van der Waals surface area contributed by atoms with E-state index in [-0.39, 0.29) is 5.91 Å². The molecule has 6 aromatic carbocycles. The number of amides is 1. The average Bonchev–Trinajstić information content (AvgIpc) is 3.08. The highest BCUT2D eigenvalue weighted by Crippen LogP contribution is 2.34. The fourth-order valence-electron chi connectivity index (χ4n) is 5.71. The van der Waals surface area contributed by atoms with Crippen LogP contribution < -0.4 is 10.1 Å². The summed E-state index contributed by atoms with van der Waals surface area (Å²) in [6.45, 7) is 3.57. The highest BCUT2D eigenvalue weighted by Gasteiger charge is 2.15. The van der Waals surface area contributed by atoms with Crippen molar-refractivity contribution in [3.05, 3.63) is 132 Å². The minimum Gasteiger partial charge on any atom is -0.432 e. The number of anilines is 1. The summed E-state index contributed by atoms with van der Waals surface area (Å²) in [4.78, 5) is 25.3. The molecule has 0 aliphatic heterocycles. The van der Waals surface area contributed by atoms with Crippen molar-refractivity contribution in [1.29, 1.82) is 0 Å². The second-order valence-electron chi connectivity index (χ2n) is 11.0. The first-order valence-electron chi connectivity index (χ1n) is 15.0. The number of carbonyl (C=O) groups is 1. The SMILES string of the molecule is CCCN(Cc1ccccc1)C(=S)Oc1ccc(C(=O)Nc2ccc3nc4c5ccccc5c5ccccc5c4nc3c2)cc1. The number of benzene rings is 6. The van der Waals surface area contributed by atoms with Gasteiger partial charge in [0.05, 0.1) is 22.1 Å². The Balaban J connectivity index is 1.10. The minimum absolute atomic E-state index is 0.231. The zero-order valence-electron chi connectivity index (χ0n) is 24.7. The van der Waals surface area contributed by atoms with Crippen LogP contribution in [0, 0.1) is 0 Å². The molecule has 0 fully saturated rings. The number of thiocarbonyl (C=S) groups is 1. The van der Waals surface area contributed by atoms with Gasteiger partial charge in [0.15, 0.2) is 0 Å². The van der Waals surface area contributed by atoms with E-state index in [4.69, 9.17) is 26.9 Å². The summed E-state index contributed by atoms with van der Waals surface area (Å²) < 4.78 is 6.01. The lowest BCUT2D eigenvalue weighted by atomic mass is 9.99. The van der Waals surface area contributed by atoms with Crippen LogP contribution in [0.5, 0.6) is 5.75 Å². The van der Waals surface area contributed by atoms with Gasteiger partial charge in [0.2, 0.25) is 0 Å². The van der Waals surface area contributed by atoms with Gasteiger partial charge in [0.1, 0.15) is 5.75 Å². The van der Waals surface area contributed by atoms with Crippen molar-refractivity contribution in [2.24, 2.45) is 0 Å². The first-order valence-corrected chi connectivity index (χ1v) is 15.4. The third-order valence-corrected chi connectivity index (χ3v) is 8.21. The van der Waals surface area contributed by atoms with Gasteiger partial charge in [-0.05, 0) is 77.4 Å². The molecule has 0 saturated heterocycles. The van der Waals surface area contributed by atoms with Gasteiger partial charge in [0, 0.05) is 35.1 Å². The maximum Gasteiger partial charge on any atom is 0.265 e. The van der Waals surface area contributed by atoms with E-state index in [0.717, 1.165) is 51.1 Å². The molecule has 0 aliphatic rings. The largest absolute Gasteiger partial charge is 0.432 e. The van der Waals surface area contributed by atoms with E-state index in [1.165, 1.54) is 5.56 Å². The molecule has 1 amide bonds. The van der Waals surface area contributed by atoms with Crippen molar-refractivity contribution in [2.45, 2.75) is 19.9 Å². The number of hydrogen-bond acceptors (Lipinski definition) is 5. The number of hydrogen-bond donors (Lipinski definition) is 1. The van der Waals surface area contributed by atoms with Crippen LogP contribution in [-0.2, 0) is 6.54 Å². The second kappa shape index (κ2) is 12.3. The molecule has 0 atom stereocenters. The molecule has 0 bridgehead atoms. The van der Waals surface area contributed by atoms with Crippen LogP contribution in [0.4, 0.5) is 5.69 Å². The van der Waals surface area contributed by atoms with E-state index >= 15 is 0 Å². The maximum atomic E-state index is 13.2. The third kappa shape index (κ3) is 5.78. The third-order valence-electron chi connectivity index (χ3n) is 7.87. The van der Waals surface area contributed by atoms with E-state index < -0.39 is 0 Å². The molecule has 0 radical (unpaired) electrons. The predicted molar refractivity (Wildman–Crippen MR) is 187 cm³/mol. The van der Waals surface area contributed by atoms with Crippen molar-refractivity contribution in [2.75, 3.05) is 11.9 Å². The molecule has 6 nitrogen and oxygen atoms in total. The summed E-state index contributed by atoms with van der Waals surface area (Å²) in [7, 11) is 0. The maximum absolute atomic E-state index is 13.2. The first-order chi connectivity index (χ1) is 22.1. The molecule has 1 heterocycles. The minimum atomic E-state index is -0.231. The van der Waals surface area contributed by atoms with Gasteiger partial charge in [-0.1, -0.05) is 85.8 Å². The van der Waals surface area contributed by atoms with Gasteiger partial charge in [-0.2, -0.15) is 0 Å². The Bertz CT molecular complexity index is 2200. The molecule has 0 aliphatic carbocycles. The van der Waals surface area contributed by atoms with E-state index in [1.54, 1.807) is 24.3 Å². The summed E-state index contributed by atoms with van der Waals surface area (Å²) in [6.07, 6.45) is 0.944. The van der Waals surface area contributed by atoms with Crippen LogP contribution in [-0.4, -0.2) is 32.5 Å². The van der Waals surface area contributed by atoms with Gasteiger partial charge in [-0.15, -0.1) is 0 Å². The Morgan fingerprint density at radius 2 is 1.33 bits per heavy atom. The van der Waals surface area contributed by atoms with Crippen molar-refractivity contribution in [3.8, 4) is 5.75 Å². The lowest BCUT2D eigenvalue weighted by molar-refractivity contribution is 0.102. The van der Waals surface area contributed by atoms with Gasteiger partial charge < -0.3 is 15.0 Å². The van der Waals surface area contributed by atoms with Crippen molar-refractivity contribution < 1.29 is 9.53 Å². The molecule has 45 heavy (non-hydrogen) atoms. The number of carbonyl (C=O) groups excluding carboxylic acids is 1. The summed E-state index contributed by atoms with van der Waals surface area (Å²) in [5.41, 5.74) is 5.50. The number of aromatic nitrogens is 2. The summed E-state index contributed by atoms with van der Waals surface area (Å²) >= 11 is 5.62. The Kier molecular flexibility index (Phi) is 7.76. The number of ether oxygens (including phenoxy) is 1. The lowest BCUT2D eigenvalue weighted by Crippen LogP contribution is -2.33. The molecule has 1 aromatic heterocycles. The van der Waals surface area contributed by atoms with Gasteiger partial charge in [0.25, 0.3) is 11.1 Å². The van der Waals surface area contributed by atoms with Crippen molar-refractivity contribution >= 4 is 72.6 Å². The molecule has 1 N–H and O–H groups in total. The molecular weight excluding hydrogens is 577 g/mol. The fourth-order valence-corrected chi connectivity index (χ4v) is 5.96. The molecule has 0 spiro atoms. The molecule has 7 rings (SSSR count). The number of rotatable bonds is 7. The normalized spacial score (nSPS) is 11.2. The number of nitrogens with zero attached hydrogens (tertiary/aromatic N) is 3. The van der Waals surface area contributed by atoms with Crippen LogP contribution in [0.2, 0.25) is 0 Å². The molecular formula is C38H30N4O2S. The lowest BCUT2D eigenvalue weighted by Gasteiger charge is -2.24. The number of nitrogens with one attached hydrogen (secondary N) is 1. The zero-order chi connectivity index (χ0) is 30.8. The molecule has 7 heteroatoms. The molecule has 220 valence electrons. The van der Waals surface area contributed by atoms with Crippen LogP contribution >= 0.6 is 12.2 Å². The first kappa shape index (κ1) is 28.4. The Morgan fingerprint density at radius 3 is 1.98 bits per heavy atom. The monoisotopic (exact) mass is 606 g/mol. The van der Waals surface area contributed by atoms with E-state index in [1.807, 2.05) is 65.6 Å². The Morgan fingerprint density at radius 1 is 0.733 bits per heavy atom. The Labute approximate surface area is 266 Å². The van der Waals surface area contributed by atoms with E-state index in [9.17, 15) is 4.79 Å². The fraction of sp³-hybridized carbons (Fsp3) is 0.105. The quantitative estimate of drug-likeness (QED) is 0.111. The predicted octanol–water partition coefficient (Wildman–Crippen LogP) is 8.92. The number of fused-ring (bicyclic) bond motifs is 7. The average molecular weight is 607 g/mol. The summed E-state index contributed by atoms with van der Waals surface area (Å²) in [5, 5.41) is 7.83. The highest BCUT2D eigenvalue weighted by atomic mass is 32.1. The van der Waals surface area contributed by atoms with Crippen molar-refractivity contribution in [3.63, 3.8) is 0 Å². The zero-order valence-corrected chi connectivity index (χ0v) is 25.6. The molecule has 7 aromatic rings. The van der Waals surface area contributed by atoms with Crippen LogP contribution in [0.25, 0.3) is 43.6 Å². The topological polar surface area (TPSA) is 67.3 Å². The van der Waals surface area contributed by atoms with E-state index in [2.05, 4.69) is 48.6 Å². The highest BCUT2D eigenvalue weighted by molar-refractivity contribution is 7.80. The molecule has 0 saturated carbocycles. The molecule has 0 unspecified atom stereocenters. The van der Waals surface area contributed by atoms with Crippen LogP contribution in [0.15, 0.2) is 121 Å². The second-order valence-corrected chi connectivity index (χ2v) is 11.3. The standard InChI is InChI=1S/C38H30N4O2S/c1-2-22-42(24-25-10-4-3-5-11-25)38(45)44-28-19-16-26(17-20-28)37(43)39-27-18-21-33-34(23-27)41-36-32-15-9-7-13-30(32)29-12-6-8-14-31(29)35(36)40-33/h3-21,23H,2,22,24H2,1H3,(H,39,43). The Hall–Kier alpha value is -5.40. The van der Waals surface area contributed by atoms with Gasteiger partial charge in [-0.25, -0.2) is 9.97 Å². The summed E-state index contributed by atoms with van der Waals surface area (Å²) in [5.74, 6) is 0.351. The van der Waals surface area contributed by atoms with E-state index in [0.29, 0.717) is 34.2 Å². The van der Waals surface area contributed by atoms with Gasteiger partial charge in [-0.3, -0.25) is 4.79 Å². The van der Waals surface area contributed by atoms with Crippen molar-refractivity contribution in [1.82, 2.24) is 14.9 Å². The smallest absolute Gasteiger partial charge is 0.265 e. The van der Waals surface area contributed by atoms with Crippen LogP contribution in [0.3, 0.4) is 0 Å².